The second-order valence-corrected chi connectivity index (χ2v) is 4.85. The van der Waals surface area contributed by atoms with Crippen molar-refractivity contribution in [1.29, 1.82) is 0 Å². The van der Waals surface area contributed by atoms with Crippen LogP contribution in [0.2, 0.25) is 0 Å². The monoisotopic (exact) mass is 255 g/mol. The number of benzene rings is 1. The van der Waals surface area contributed by atoms with E-state index in [1.165, 1.54) is 13.2 Å². The lowest BCUT2D eigenvalue weighted by Gasteiger charge is -2.24. The molecule has 0 bridgehead atoms. The van der Waals surface area contributed by atoms with Gasteiger partial charge in [0.2, 0.25) is 0 Å². The zero-order valence-corrected chi connectivity index (χ0v) is 11.5. The molecule has 2 N–H and O–H groups in total. The Morgan fingerprint density at radius 3 is 2.67 bits per heavy atom. The van der Waals surface area contributed by atoms with Crippen molar-refractivity contribution in [2.45, 2.75) is 38.8 Å². The normalized spacial score (nSPS) is 16.1. The van der Waals surface area contributed by atoms with Crippen LogP contribution in [0.15, 0.2) is 18.2 Å². The van der Waals surface area contributed by atoms with Crippen molar-refractivity contribution in [3.63, 3.8) is 0 Å². The Balaban J connectivity index is 2.67. The van der Waals surface area contributed by atoms with Gasteiger partial charge in [0.1, 0.15) is 0 Å². The molecule has 18 heavy (non-hydrogen) atoms. The second kappa shape index (κ2) is 6.16. The highest BCUT2D eigenvalue weighted by molar-refractivity contribution is 5.30. The predicted octanol–water partition coefficient (Wildman–Crippen LogP) is 2.65. The minimum atomic E-state index is -0.737. The van der Waals surface area contributed by atoms with Gasteiger partial charge in [-0.15, -0.1) is 0 Å². The van der Waals surface area contributed by atoms with E-state index < -0.39 is 5.60 Å². The summed E-state index contributed by atoms with van der Waals surface area (Å²) < 4.78 is 18.4. The molecule has 1 aromatic carbocycles. The Kier molecular flexibility index (Phi) is 5.11. The fourth-order valence-electron chi connectivity index (χ4n) is 1.57. The van der Waals surface area contributed by atoms with Gasteiger partial charge < -0.3 is 15.2 Å². The topological polar surface area (TPSA) is 41.5 Å². The van der Waals surface area contributed by atoms with E-state index in [2.05, 4.69) is 5.32 Å². The average Bonchev–Trinajstić information content (AvgIpc) is 2.36. The summed E-state index contributed by atoms with van der Waals surface area (Å²) in [6.45, 7) is 6.12. The number of hydrogen-bond acceptors (Lipinski definition) is 3. The molecule has 0 radical (unpaired) electrons. The maximum absolute atomic E-state index is 13.5. The first-order valence-electron chi connectivity index (χ1n) is 6.19. The molecule has 2 unspecified atom stereocenters. The lowest BCUT2D eigenvalue weighted by molar-refractivity contribution is 0.0533. The molecule has 0 aliphatic heterocycles. The van der Waals surface area contributed by atoms with Crippen molar-refractivity contribution < 1.29 is 14.2 Å². The molecular formula is C14H22FNO2. The van der Waals surface area contributed by atoms with Crippen molar-refractivity contribution in [2.75, 3.05) is 13.7 Å². The largest absolute Gasteiger partial charge is 0.494 e. The summed E-state index contributed by atoms with van der Waals surface area (Å²) in [6.07, 6.45) is 0.670. The molecule has 102 valence electrons. The smallest absolute Gasteiger partial charge is 0.165 e. The first-order valence-corrected chi connectivity index (χ1v) is 6.19. The zero-order chi connectivity index (χ0) is 13.8. The molecule has 0 amide bonds. The van der Waals surface area contributed by atoms with Crippen molar-refractivity contribution >= 4 is 0 Å². The lowest BCUT2D eigenvalue weighted by atomic mass is 10.0. The highest BCUT2D eigenvalue weighted by atomic mass is 19.1. The minimum absolute atomic E-state index is 0.0246. The van der Waals surface area contributed by atoms with Crippen LogP contribution < -0.4 is 10.1 Å². The Morgan fingerprint density at radius 1 is 1.50 bits per heavy atom. The number of ether oxygens (including phenoxy) is 1. The van der Waals surface area contributed by atoms with Gasteiger partial charge >= 0.3 is 0 Å². The molecule has 1 rings (SSSR count). The fraction of sp³-hybridized carbons (Fsp3) is 0.571. The number of aliphatic hydroxyl groups is 1. The molecule has 1 aromatic rings. The van der Waals surface area contributed by atoms with E-state index >= 15 is 0 Å². The maximum atomic E-state index is 13.5. The molecule has 3 nitrogen and oxygen atoms in total. The summed E-state index contributed by atoms with van der Waals surface area (Å²) >= 11 is 0. The molecule has 0 fully saturated rings. The summed E-state index contributed by atoms with van der Waals surface area (Å²) in [5.41, 5.74) is 0.0967. The van der Waals surface area contributed by atoms with Crippen LogP contribution >= 0.6 is 0 Å². The summed E-state index contributed by atoms with van der Waals surface area (Å²) in [7, 11) is 1.44. The van der Waals surface area contributed by atoms with Crippen LogP contribution in [0.3, 0.4) is 0 Å². The van der Waals surface area contributed by atoms with Gasteiger partial charge in [-0.1, -0.05) is 13.0 Å². The van der Waals surface area contributed by atoms with Crippen molar-refractivity contribution in [3.8, 4) is 5.75 Å². The van der Waals surface area contributed by atoms with Gasteiger partial charge in [0.05, 0.1) is 12.7 Å². The van der Waals surface area contributed by atoms with Crippen LogP contribution in [0.4, 0.5) is 4.39 Å². The molecule has 0 heterocycles. The van der Waals surface area contributed by atoms with Gasteiger partial charge in [-0.25, -0.2) is 4.39 Å². The van der Waals surface area contributed by atoms with Gasteiger partial charge in [0.25, 0.3) is 0 Å². The van der Waals surface area contributed by atoms with Crippen molar-refractivity contribution in [2.24, 2.45) is 0 Å². The van der Waals surface area contributed by atoms with E-state index in [-0.39, 0.29) is 17.6 Å². The standard InChI is InChI=1S/C14H22FNO2/c1-5-14(3,17)9-16-10(2)11-6-7-13(18-4)12(15)8-11/h6-8,10,16-17H,5,9H2,1-4H3. The van der Waals surface area contributed by atoms with Crippen molar-refractivity contribution in [3.05, 3.63) is 29.6 Å². The van der Waals surface area contributed by atoms with E-state index in [1.807, 2.05) is 19.9 Å². The van der Waals surface area contributed by atoms with E-state index in [4.69, 9.17) is 4.74 Å². The number of hydrogen-bond donors (Lipinski definition) is 2. The first-order chi connectivity index (χ1) is 8.39. The molecule has 0 aliphatic rings. The Morgan fingerprint density at radius 2 is 2.17 bits per heavy atom. The van der Waals surface area contributed by atoms with Crippen LogP contribution in [-0.4, -0.2) is 24.4 Å². The van der Waals surface area contributed by atoms with Crippen LogP contribution in [-0.2, 0) is 0 Å². The van der Waals surface area contributed by atoms with E-state index in [9.17, 15) is 9.50 Å². The number of methoxy groups -OCH3 is 1. The van der Waals surface area contributed by atoms with Gasteiger partial charge in [-0.2, -0.15) is 0 Å². The molecule has 2 atom stereocenters. The molecular weight excluding hydrogens is 233 g/mol. The van der Waals surface area contributed by atoms with E-state index in [0.29, 0.717) is 13.0 Å². The highest BCUT2D eigenvalue weighted by Crippen LogP contribution is 2.22. The fourth-order valence-corrected chi connectivity index (χ4v) is 1.57. The van der Waals surface area contributed by atoms with Crippen molar-refractivity contribution in [1.82, 2.24) is 5.32 Å². The van der Waals surface area contributed by atoms with Crippen LogP contribution in [0.5, 0.6) is 5.75 Å². The first kappa shape index (κ1) is 14.9. The molecule has 4 heteroatoms. The molecule has 0 spiro atoms. The average molecular weight is 255 g/mol. The third-order valence-electron chi connectivity index (χ3n) is 3.23. The summed E-state index contributed by atoms with van der Waals surface area (Å²) in [4.78, 5) is 0. The molecule has 0 saturated heterocycles. The summed E-state index contributed by atoms with van der Waals surface area (Å²) in [5, 5.41) is 13.1. The highest BCUT2D eigenvalue weighted by Gasteiger charge is 2.18. The van der Waals surface area contributed by atoms with Gasteiger partial charge in [-0.05, 0) is 38.0 Å². The SMILES string of the molecule is CCC(C)(O)CNC(C)c1ccc(OC)c(F)c1. The van der Waals surface area contributed by atoms with Crippen LogP contribution in [0.25, 0.3) is 0 Å². The Hall–Kier alpha value is -1.13. The Labute approximate surface area is 108 Å². The second-order valence-electron chi connectivity index (χ2n) is 4.85. The Bertz CT molecular complexity index is 393. The third-order valence-corrected chi connectivity index (χ3v) is 3.23. The molecule has 0 saturated carbocycles. The molecule has 0 aromatic heterocycles. The van der Waals surface area contributed by atoms with E-state index in [1.54, 1.807) is 13.0 Å². The van der Waals surface area contributed by atoms with Gasteiger partial charge in [0, 0.05) is 12.6 Å². The van der Waals surface area contributed by atoms with Gasteiger partial charge in [0.15, 0.2) is 11.6 Å². The number of halogens is 1. The lowest BCUT2D eigenvalue weighted by Crippen LogP contribution is -2.38. The quantitative estimate of drug-likeness (QED) is 0.821. The summed E-state index contributed by atoms with van der Waals surface area (Å²) in [5.74, 6) is -0.127. The third kappa shape index (κ3) is 3.96. The zero-order valence-electron chi connectivity index (χ0n) is 11.5. The van der Waals surface area contributed by atoms with Crippen LogP contribution in [0, 0.1) is 5.82 Å². The van der Waals surface area contributed by atoms with Gasteiger partial charge in [-0.3, -0.25) is 0 Å². The van der Waals surface area contributed by atoms with Crippen LogP contribution in [0.1, 0.15) is 38.8 Å². The van der Waals surface area contributed by atoms with E-state index in [0.717, 1.165) is 5.56 Å². The predicted molar refractivity (Wildman–Crippen MR) is 70.3 cm³/mol. The number of nitrogens with one attached hydrogen (secondary N) is 1. The number of rotatable bonds is 6. The maximum Gasteiger partial charge on any atom is 0.165 e. The minimum Gasteiger partial charge on any atom is -0.494 e. The summed E-state index contributed by atoms with van der Waals surface area (Å²) in [6, 6.07) is 4.86. The molecule has 0 aliphatic carbocycles.